The van der Waals surface area contributed by atoms with Crippen LogP contribution < -0.4 is 0 Å². The maximum absolute atomic E-state index is 11.7. The first kappa shape index (κ1) is 19.1. The summed E-state index contributed by atoms with van der Waals surface area (Å²) in [6.45, 7) is 0.520. The van der Waals surface area contributed by atoms with Crippen molar-refractivity contribution in [1.82, 2.24) is 4.98 Å². The smallest absolute Gasteiger partial charge is 0.339 e. The summed E-state index contributed by atoms with van der Waals surface area (Å²) in [6.07, 6.45) is 8.49. The molecular weight excluding hydrogens is 346 g/mol. The molecule has 0 aliphatic carbocycles. The lowest BCUT2D eigenvalue weighted by Crippen LogP contribution is -2.11. The minimum atomic E-state index is -0.405. The Labute approximate surface area is 150 Å². The quantitative estimate of drug-likeness (QED) is 0.352. The van der Waals surface area contributed by atoms with E-state index in [1.807, 2.05) is 21.6 Å². The van der Waals surface area contributed by atoms with Gasteiger partial charge in [0.25, 0.3) is 0 Å². The molecule has 2 rings (SSSR count). The monoisotopic (exact) mass is 369 g/mol. The largest absolute Gasteiger partial charge is 0.466 e. The van der Waals surface area contributed by atoms with Gasteiger partial charge in [-0.15, -0.1) is 0 Å². The molecule has 0 radical (unpaired) electrons. The van der Waals surface area contributed by atoms with Gasteiger partial charge < -0.3 is 9.47 Å². The number of nitrogens with zero attached hydrogens (tertiary/aromatic N) is 1. The zero-order valence-electron chi connectivity index (χ0n) is 13.6. The molecule has 132 valence electrons. The summed E-state index contributed by atoms with van der Waals surface area (Å²) in [4.78, 5) is 27.1. The van der Waals surface area contributed by atoms with Crippen LogP contribution in [0.4, 0.5) is 0 Å². The maximum Gasteiger partial charge on any atom is 0.339 e. The highest BCUT2D eigenvalue weighted by Gasteiger charge is 2.16. The van der Waals surface area contributed by atoms with Crippen LogP contribution in [0.25, 0.3) is 0 Å². The van der Waals surface area contributed by atoms with Crippen molar-refractivity contribution in [2.45, 2.75) is 43.8 Å². The molecule has 0 bridgehead atoms. The molecule has 1 saturated heterocycles. The fraction of sp³-hybridized carbons (Fsp3) is 0.588. The molecule has 1 aromatic heterocycles. The van der Waals surface area contributed by atoms with E-state index < -0.39 is 5.97 Å². The van der Waals surface area contributed by atoms with E-state index in [4.69, 9.17) is 9.47 Å². The van der Waals surface area contributed by atoms with Gasteiger partial charge in [-0.25, -0.2) is 4.79 Å². The highest BCUT2D eigenvalue weighted by Crippen LogP contribution is 2.39. The second-order valence-corrected chi connectivity index (χ2v) is 8.31. The van der Waals surface area contributed by atoms with Crippen molar-refractivity contribution >= 4 is 33.5 Å². The number of hydrogen-bond acceptors (Lipinski definition) is 7. The highest BCUT2D eigenvalue weighted by molar-refractivity contribution is 8.77. The first-order valence-electron chi connectivity index (χ1n) is 8.27. The molecule has 0 N–H and O–H groups in total. The normalized spacial score (nSPS) is 16.8. The van der Waals surface area contributed by atoms with Crippen molar-refractivity contribution in [3.63, 3.8) is 0 Å². The summed E-state index contributed by atoms with van der Waals surface area (Å²) >= 11 is 0. The van der Waals surface area contributed by atoms with E-state index in [-0.39, 0.29) is 19.2 Å². The van der Waals surface area contributed by atoms with Crippen LogP contribution in [-0.4, -0.2) is 41.1 Å². The fourth-order valence-corrected chi connectivity index (χ4v) is 5.28. The summed E-state index contributed by atoms with van der Waals surface area (Å²) in [5, 5.41) is 0.764. The summed E-state index contributed by atoms with van der Waals surface area (Å²) in [5.41, 5.74) is 0.424. The van der Waals surface area contributed by atoms with Crippen molar-refractivity contribution in [1.29, 1.82) is 0 Å². The van der Waals surface area contributed by atoms with Crippen LogP contribution in [0.1, 0.15) is 48.9 Å². The van der Waals surface area contributed by atoms with Crippen molar-refractivity contribution in [3.8, 4) is 0 Å². The van der Waals surface area contributed by atoms with E-state index >= 15 is 0 Å². The van der Waals surface area contributed by atoms with Gasteiger partial charge in [0, 0.05) is 36.2 Å². The van der Waals surface area contributed by atoms with Gasteiger partial charge in [-0.1, -0.05) is 28.0 Å². The fourth-order valence-electron chi connectivity index (χ4n) is 2.25. The number of pyridine rings is 1. The number of unbranched alkanes of at least 4 members (excludes halogenated alkanes) is 1. The van der Waals surface area contributed by atoms with E-state index in [0.29, 0.717) is 18.4 Å². The Balaban J connectivity index is 1.43. The summed E-state index contributed by atoms with van der Waals surface area (Å²) in [6, 6.07) is 3.33. The molecule has 7 heteroatoms. The van der Waals surface area contributed by atoms with E-state index in [9.17, 15) is 9.59 Å². The van der Waals surface area contributed by atoms with Crippen LogP contribution in [0.5, 0.6) is 0 Å². The molecule has 5 nitrogen and oxygen atoms in total. The Kier molecular flexibility index (Phi) is 9.05. The number of carbonyl (C=O) groups is 2. The standard InChI is InChI=1S/C17H23NO4S2/c19-16(7-2-1-6-15-8-12-23-24-15)21-10-4-11-22-17(20)14-5-3-9-18-13-14/h3,5,9,13,15H,1-2,4,6-8,10-12H2. The van der Waals surface area contributed by atoms with Gasteiger partial charge >= 0.3 is 11.9 Å². The Morgan fingerprint density at radius 1 is 1.21 bits per heavy atom. The maximum atomic E-state index is 11.7. The van der Waals surface area contributed by atoms with Crippen LogP contribution in [0.3, 0.4) is 0 Å². The van der Waals surface area contributed by atoms with E-state index in [2.05, 4.69) is 4.98 Å². The third kappa shape index (κ3) is 7.57. The molecule has 1 fully saturated rings. The zero-order chi connectivity index (χ0) is 17.0. The minimum Gasteiger partial charge on any atom is -0.466 e. The first-order chi connectivity index (χ1) is 11.8. The molecule has 2 heterocycles. The van der Waals surface area contributed by atoms with Crippen molar-refractivity contribution in [2.24, 2.45) is 0 Å². The minimum absolute atomic E-state index is 0.165. The van der Waals surface area contributed by atoms with Gasteiger partial charge in [0.2, 0.25) is 0 Å². The number of rotatable bonds is 10. The summed E-state index contributed by atoms with van der Waals surface area (Å²) in [7, 11) is 3.92. The van der Waals surface area contributed by atoms with Gasteiger partial charge in [-0.05, 0) is 31.4 Å². The Morgan fingerprint density at radius 2 is 2.08 bits per heavy atom. The lowest BCUT2D eigenvalue weighted by molar-refractivity contribution is -0.144. The Hall–Kier alpha value is -1.21. The van der Waals surface area contributed by atoms with Crippen molar-refractivity contribution in [2.75, 3.05) is 19.0 Å². The molecule has 1 aliphatic rings. The Morgan fingerprint density at radius 3 is 2.83 bits per heavy atom. The van der Waals surface area contributed by atoms with Gasteiger partial charge in [0.15, 0.2) is 0 Å². The Bertz CT molecular complexity index is 507. The molecule has 0 amide bonds. The predicted molar refractivity (Wildman–Crippen MR) is 97.0 cm³/mol. The molecule has 0 saturated carbocycles. The van der Waals surface area contributed by atoms with E-state index in [1.54, 1.807) is 18.3 Å². The molecule has 0 spiro atoms. The third-order valence-corrected chi connectivity index (χ3v) is 6.57. The van der Waals surface area contributed by atoms with E-state index in [0.717, 1.165) is 18.1 Å². The molecule has 1 aliphatic heterocycles. The van der Waals surface area contributed by atoms with Crippen molar-refractivity contribution in [3.05, 3.63) is 30.1 Å². The first-order valence-corrected chi connectivity index (χ1v) is 10.6. The van der Waals surface area contributed by atoms with Gasteiger partial charge in [0.1, 0.15) is 0 Å². The average molecular weight is 370 g/mol. The second kappa shape index (κ2) is 11.4. The molecular formula is C17H23NO4S2. The lowest BCUT2D eigenvalue weighted by atomic mass is 10.1. The van der Waals surface area contributed by atoms with E-state index in [1.165, 1.54) is 24.8 Å². The highest BCUT2D eigenvalue weighted by atomic mass is 33.1. The molecule has 1 atom stereocenters. The van der Waals surface area contributed by atoms with Gasteiger partial charge in [-0.2, -0.15) is 0 Å². The number of aromatic nitrogens is 1. The molecule has 0 aromatic carbocycles. The summed E-state index contributed by atoms with van der Waals surface area (Å²) < 4.78 is 10.2. The SMILES string of the molecule is O=C(CCCCC1CCSS1)OCCCOC(=O)c1cccnc1. The summed E-state index contributed by atoms with van der Waals surface area (Å²) in [5.74, 6) is 0.683. The van der Waals surface area contributed by atoms with Gasteiger partial charge in [-0.3, -0.25) is 9.78 Å². The average Bonchev–Trinajstić information content (AvgIpc) is 3.12. The number of ether oxygens (including phenoxy) is 2. The molecule has 1 aromatic rings. The predicted octanol–water partition coefficient (Wildman–Crippen LogP) is 3.89. The number of hydrogen-bond donors (Lipinski definition) is 0. The van der Waals surface area contributed by atoms with Crippen molar-refractivity contribution < 1.29 is 19.1 Å². The number of carbonyl (C=O) groups excluding carboxylic acids is 2. The van der Waals surface area contributed by atoms with Crippen LogP contribution >= 0.6 is 21.6 Å². The van der Waals surface area contributed by atoms with Crippen LogP contribution in [0, 0.1) is 0 Å². The van der Waals surface area contributed by atoms with Gasteiger partial charge in [0.05, 0.1) is 18.8 Å². The zero-order valence-corrected chi connectivity index (χ0v) is 15.3. The lowest BCUT2D eigenvalue weighted by Gasteiger charge is -2.08. The van der Waals surface area contributed by atoms with Crippen LogP contribution in [0.2, 0.25) is 0 Å². The van der Waals surface area contributed by atoms with Crippen LogP contribution in [0.15, 0.2) is 24.5 Å². The number of esters is 2. The molecule has 24 heavy (non-hydrogen) atoms. The van der Waals surface area contributed by atoms with Crippen LogP contribution in [-0.2, 0) is 14.3 Å². The third-order valence-electron chi connectivity index (χ3n) is 3.57. The topological polar surface area (TPSA) is 65.5 Å². The second-order valence-electron chi connectivity index (χ2n) is 5.53. The molecule has 1 unspecified atom stereocenters.